The van der Waals surface area contributed by atoms with Gasteiger partial charge in [0, 0.05) is 12.6 Å². The van der Waals surface area contributed by atoms with Crippen molar-refractivity contribution in [3.63, 3.8) is 0 Å². The van der Waals surface area contributed by atoms with Crippen molar-refractivity contribution in [1.82, 2.24) is 10.0 Å². The second-order valence-corrected chi connectivity index (χ2v) is 6.45. The van der Waals surface area contributed by atoms with E-state index >= 15 is 0 Å². The average Bonchev–Trinajstić information content (AvgIpc) is 2.39. The van der Waals surface area contributed by atoms with E-state index in [9.17, 15) is 8.42 Å². The second kappa shape index (κ2) is 8.24. The Morgan fingerprint density at radius 3 is 2.45 bits per heavy atom. The third-order valence-corrected chi connectivity index (χ3v) is 4.44. The summed E-state index contributed by atoms with van der Waals surface area (Å²) in [5.74, 6) is 0.667. The summed E-state index contributed by atoms with van der Waals surface area (Å²) in [5, 5.41) is 2.98. The third kappa shape index (κ3) is 5.48. The number of benzene rings is 1. The van der Waals surface area contributed by atoms with Crippen LogP contribution < -0.4 is 14.8 Å². The topological polar surface area (TPSA) is 67.4 Å². The van der Waals surface area contributed by atoms with Gasteiger partial charge < -0.3 is 10.1 Å². The van der Waals surface area contributed by atoms with Crippen LogP contribution in [0.3, 0.4) is 0 Å². The number of likely N-dealkylation sites (N-methyl/N-ethyl adjacent to an activating group) is 1. The van der Waals surface area contributed by atoms with Crippen molar-refractivity contribution in [2.45, 2.75) is 37.6 Å². The fraction of sp³-hybridized carbons (Fsp3) is 0.571. The molecule has 0 saturated heterocycles. The molecule has 1 aromatic rings. The Hall–Kier alpha value is -1.11. The highest BCUT2D eigenvalue weighted by atomic mass is 32.2. The lowest BCUT2D eigenvalue weighted by atomic mass is 10.2. The highest BCUT2D eigenvalue weighted by Gasteiger charge is 2.16. The lowest BCUT2D eigenvalue weighted by Crippen LogP contribution is -2.32. The van der Waals surface area contributed by atoms with Crippen LogP contribution in [0.4, 0.5) is 0 Å². The molecular formula is C14H24N2O3S. The van der Waals surface area contributed by atoms with Crippen LogP contribution in [0.15, 0.2) is 29.2 Å². The van der Waals surface area contributed by atoms with Crippen LogP contribution in [0.1, 0.15) is 26.7 Å². The van der Waals surface area contributed by atoms with Crippen LogP contribution >= 0.6 is 0 Å². The molecule has 0 bridgehead atoms. The van der Waals surface area contributed by atoms with Gasteiger partial charge in [0.15, 0.2) is 0 Å². The van der Waals surface area contributed by atoms with E-state index in [1.54, 1.807) is 24.3 Å². The molecule has 5 nitrogen and oxygen atoms in total. The molecule has 0 amide bonds. The molecule has 1 atom stereocenters. The summed E-state index contributed by atoms with van der Waals surface area (Å²) in [6, 6.07) is 6.42. The Morgan fingerprint density at radius 2 is 1.90 bits per heavy atom. The molecule has 0 aromatic heterocycles. The van der Waals surface area contributed by atoms with Gasteiger partial charge in [0.2, 0.25) is 10.0 Å². The van der Waals surface area contributed by atoms with E-state index in [0.717, 1.165) is 19.4 Å². The molecule has 20 heavy (non-hydrogen) atoms. The zero-order valence-electron chi connectivity index (χ0n) is 12.3. The molecule has 0 heterocycles. The number of nitrogens with one attached hydrogen (secondary N) is 2. The van der Waals surface area contributed by atoms with E-state index in [2.05, 4.69) is 10.0 Å². The predicted molar refractivity (Wildman–Crippen MR) is 80.6 cm³/mol. The van der Waals surface area contributed by atoms with Gasteiger partial charge in [-0.2, -0.15) is 0 Å². The van der Waals surface area contributed by atoms with Crippen molar-refractivity contribution in [3.8, 4) is 5.75 Å². The Kier molecular flexibility index (Phi) is 6.98. The maximum absolute atomic E-state index is 12.1. The zero-order valence-corrected chi connectivity index (χ0v) is 13.2. The van der Waals surface area contributed by atoms with Crippen LogP contribution in [0, 0.1) is 0 Å². The molecule has 0 fully saturated rings. The lowest BCUT2D eigenvalue weighted by Gasteiger charge is -2.13. The number of rotatable bonds is 9. The summed E-state index contributed by atoms with van der Waals surface area (Å²) in [6.45, 7) is 5.20. The number of ether oxygens (including phenoxy) is 1. The van der Waals surface area contributed by atoms with Gasteiger partial charge in [-0.1, -0.05) is 13.3 Å². The summed E-state index contributed by atoms with van der Waals surface area (Å²) in [5.41, 5.74) is 0. The largest absolute Gasteiger partial charge is 0.492 e. The molecule has 1 aromatic carbocycles. The van der Waals surface area contributed by atoms with Gasteiger partial charge in [-0.05, 0) is 44.7 Å². The van der Waals surface area contributed by atoms with Gasteiger partial charge >= 0.3 is 0 Å². The first kappa shape index (κ1) is 16.9. The summed E-state index contributed by atoms with van der Waals surface area (Å²) >= 11 is 0. The smallest absolute Gasteiger partial charge is 0.240 e. The van der Waals surface area contributed by atoms with E-state index in [4.69, 9.17) is 4.74 Å². The van der Waals surface area contributed by atoms with E-state index in [0.29, 0.717) is 12.4 Å². The van der Waals surface area contributed by atoms with Crippen LogP contribution in [0.2, 0.25) is 0 Å². The monoisotopic (exact) mass is 300 g/mol. The molecule has 6 heteroatoms. The first-order valence-electron chi connectivity index (χ1n) is 6.89. The molecule has 0 radical (unpaired) electrons. The fourth-order valence-electron chi connectivity index (χ4n) is 1.81. The van der Waals surface area contributed by atoms with E-state index < -0.39 is 10.0 Å². The minimum absolute atomic E-state index is 0.0587. The van der Waals surface area contributed by atoms with E-state index in [1.165, 1.54) is 0 Å². The maximum atomic E-state index is 12.1. The lowest BCUT2D eigenvalue weighted by molar-refractivity contribution is 0.318. The van der Waals surface area contributed by atoms with Crippen molar-refractivity contribution >= 4 is 10.0 Å². The summed E-state index contributed by atoms with van der Waals surface area (Å²) in [6.07, 6.45) is 1.77. The minimum Gasteiger partial charge on any atom is -0.492 e. The van der Waals surface area contributed by atoms with Gasteiger partial charge in [-0.25, -0.2) is 13.1 Å². The van der Waals surface area contributed by atoms with Gasteiger partial charge in [0.1, 0.15) is 12.4 Å². The summed E-state index contributed by atoms with van der Waals surface area (Å²) < 4.78 is 32.4. The Labute approximate surface area is 121 Å². The van der Waals surface area contributed by atoms with Crippen molar-refractivity contribution < 1.29 is 13.2 Å². The molecule has 2 N–H and O–H groups in total. The van der Waals surface area contributed by atoms with Crippen LogP contribution in [0.25, 0.3) is 0 Å². The van der Waals surface area contributed by atoms with Gasteiger partial charge in [-0.15, -0.1) is 0 Å². The van der Waals surface area contributed by atoms with Gasteiger partial charge in [-0.3, -0.25) is 0 Å². The minimum atomic E-state index is -3.44. The molecule has 0 spiro atoms. The fourth-order valence-corrected chi connectivity index (χ4v) is 3.09. The standard InChI is InChI=1S/C14H24N2O3S/c1-4-5-12(2)16-20(17,18)14-8-6-13(7-9-14)19-11-10-15-3/h6-9,12,15-16H,4-5,10-11H2,1-3H3. The van der Waals surface area contributed by atoms with E-state index in [1.807, 2.05) is 20.9 Å². The SMILES string of the molecule is CCCC(C)NS(=O)(=O)c1ccc(OCCNC)cc1. The zero-order chi connectivity index (χ0) is 15.0. The van der Waals surface area contributed by atoms with Gasteiger partial charge in [0.05, 0.1) is 4.90 Å². The molecule has 114 valence electrons. The van der Waals surface area contributed by atoms with Crippen LogP contribution in [-0.4, -0.2) is 34.7 Å². The van der Waals surface area contributed by atoms with Gasteiger partial charge in [0.25, 0.3) is 0 Å². The summed E-state index contributed by atoms with van der Waals surface area (Å²) in [4.78, 5) is 0.265. The Balaban J connectivity index is 2.66. The highest BCUT2D eigenvalue weighted by molar-refractivity contribution is 7.89. The number of hydrogen-bond donors (Lipinski definition) is 2. The van der Waals surface area contributed by atoms with Crippen LogP contribution in [0.5, 0.6) is 5.75 Å². The molecule has 1 unspecified atom stereocenters. The predicted octanol–water partition coefficient (Wildman–Crippen LogP) is 1.75. The number of hydrogen-bond acceptors (Lipinski definition) is 4. The molecule has 1 rings (SSSR count). The first-order valence-corrected chi connectivity index (χ1v) is 8.37. The van der Waals surface area contributed by atoms with Crippen LogP contribution in [-0.2, 0) is 10.0 Å². The van der Waals surface area contributed by atoms with Crippen molar-refractivity contribution in [1.29, 1.82) is 0 Å². The highest BCUT2D eigenvalue weighted by Crippen LogP contribution is 2.16. The number of sulfonamides is 1. The van der Waals surface area contributed by atoms with E-state index in [-0.39, 0.29) is 10.9 Å². The average molecular weight is 300 g/mol. The molecule has 0 saturated carbocycles. The van der Waals surface area contributed by atoms with Crippen molar-refractivity contribution in [3.05, 3.63) is 24.3 Å². The quantitative estimate of drug-likeness (QED) is 0.682. The molecular weight excluding hydrogens is 276 g/mol. The summed E-state index contributed by atoms with van der Waals surface area (Å²) in [7, 11) is -1.59. The molecule has 0 aliphatic heterocycles. The normalized spacial score (nSPS) is 13.2. The van der Waals surface area contributed by atoms with Crippen molar-refractivity contribution in [2.24, 2.45) is 0 Å². The second-order valence-electron chi connectivity index (χ2n) is 4.73. The van der Waals surface area contributed by atoms with Crippen molar-refractivity contribution in [2.75, 3.05) is 20.2 Å². The molecule has 0 aliphatic carbocycles. The first-order chi connectivity index (χ1) is 9.49. The third-order valence-electron chi connectivity index (χ3n) is 2.83. The Bertz CT molecular complexity index is 486. The molecule has 0 aliphatic rings. The Morgan fingerprint density at radius 1 is 1.25 bits per heavy atom. The maximum Gasteiger partial charge on any atom is 0.240 e.